The van der Waals surface area contributed by atoms with Crippen LogP contribution < -0.4 is 10.6 Å². The van der Waals surface area contributed by atoms with E-state index < -0.39 is 11.6 Å². The van der Waals surface area contributed by atoms with Crippen molar-refractivity contribution in [2.45, 2.75) is 37.8 Å². The van der Waals surface area contributed by atoms with Gasteiger partial charge in [-0.25, -0.2) is 9.78 Å². The molecular weight excluding hydrogens is 415 g/mol. The number of methoxy groups -OCH3 is 1. The van der Waals surface area contributed by atoms with E-state index in [-0.39, 0.29) is 36.7 Å². The topological polar surface area (TPSA) is 109 Å². The molecule has 3 rings (SSSR count). The molecule has 1 atom stereocenters. The maximum atomic E-state index is 12.5. The second-order valence-corrected chi connectivity index (χ2v) is 7.63. The van der Waals surface area contributed by atoms with Gasteiger partial charge in [0.2, 0.25) is 5.91 Å². The molecular formula is C16H26Cl2N4O4S. The first-order valence-corrected chi connectivity index (χ1v) is 9.25. The monoisotopic (exact) mass is 440 g/mol. The summed E-state index contributed by atoms with van der Waals surface area (Å²) in [5.41, 5.74) is 5.61. The Morgan fingerprint density at radius 2 is 1.85 bits per heavy atom. The van der Waals surface area contributed by atoms with Crippen LogP contribution in [0.15, 0.2) is 0 Å². The summed E-state index contributed by atoms with van der Waals surface area (Å²) in [5, 5.41) is 11.0. The Morgan fingerprint density at radius 3 is 2.33 bits per heavy atom. The highest BCUT2D eigenvalue weighted by atomic mass is 35.5. The second-order valence-electron chi connectivity index (χ2n) is 6.65. The van der Waals surface area contributed by atoms with Crippen LogP contribution in [-0.2, 0) is 9.53 Å². The third-order valence-corrected chi connectivity index (χ3v) is 6.28. The van der Waals surface area contributed by atoms with Crippen molar-refractivity contribution in [3.05, 3.63) is 10.6 Å². The molecule has 27 heavy (non-hydrogen) atoms. The number of aryl methyl sites for hydroxylation is 1. The summed E-state index contributed by atoms with van der Waals surface area (Å²) >= 11 is 1.30. The summed E-state index contributed by atoms with van der Waals surface area (Å²) in [6.45, 7) is 4.06. The zero-order chi connectivity index (χ0) is 18.2. The Kier molecular flexibility index (Phi) is 8.31. The highest BCUT2D eigenvalue weighted by Gasteiger charge is 2.45. The third-order valence-electron chi connectivity index (χ3n) is 5.08. The van der Waals surface area contributed by atoms with Gasteiger partial charge < -0.3 is 25.4 Å². The molecule has 1 amide bonds. The number of halogens is 2. The number of carbonyl (C=O) groups is 2. The summed E-state index contributed by atoms with van der Waals surface area (Å²) in [4.78, 5) is 32.9. The van der Waals surface area contributed by atoms with E-state index >= 15 is 0 Å². The maximum Gasteiger partial charge on any atom is 0.350 e. The van der Waals surface area contributed by atoms with Crippen molar-refractivity contribution in [1.82, 2.24) is 9.88 Å². The summed E-state index contributed by atoms with van der Waals surface area (Å²) < 4.78 is 4.76. The van der Waals surface area contributed by atoms with E-state index in [2.05, 4.69) is 9.88 Å². The van der Waals surface area contributed by atoms with Gasteiger partial charge in [0.05, 0.1) is 18.4 Å². The van der Waals surface area contributed by atoms with Crippen molar-refractivity contribution in [2.75, 3.05) is 38.2 Å². The van der Waals surface area contributed by atoms with Gasteiger partial charge in [-0.15, -0.1) is 24.8 Å². The van der Waals surface area contributed by atoms with Crippen molar-refractivity contribution >= 4 is 53.2 Å². The molecule has 8 nitrogen and oxygen atoms in total. The predicted molar refractivity (Wildman–Crippen MR) is 108 cm³/mol. The van der Waals surface area contributed by atoms with E-state index in [0.717, 1.165) is 11.6 Å². The van der Waals surface area contributed by atoms with Gasteiger partial charge in [0.1, 0.15) is 10.9 Å². The lowest BCUT2D eigenvalue weighted by Gasteiger charge is -2.43. The number of rotatable bonds is 4. The van der Waals surface area contributed by atoms with Crippen LogP contribution >= 0.6 is 36.2 Å². The molecule has 2 fully saturated rings. The maximum absolute atomic E-state index is 12.5. The number of esters is 1. The lowest BCUT2D eigenvalue weighted by molar-refractivity contribution is -0.144. The first-order valence-electron chi connectivity index (χ1n) is 8.43. The molecule has 11 heteroatoms. The van der Waals surface area contributed by atoms with Crippen LogP contribution in [0.2, 0.25) is 0 Å². The Morgan fingerprint density at radius 1 is 1.26 bits per heavy atom. The van der Waals surface area contributed by atoms with Gasteiger partial charge in [-0.3, -0.25) is 4.79 Å². The first-order chi connectivity index (χ1) is 11.9. The van der Waals surface area contributed by atoms with Crippen LogP contribution in [0.25, 0.3) is 0 Å². The lowest BCUT2D eigenvalue weighted by atomic mass is 9.74. The van der Waals surface area contributed by atoms with Crippen molar-refractivity contribution in [3.8, 4) is 0 Å². The second kappa shape index (κ2) is 9.38. The molecule has 0 radical (unpaired) electrons. The smallest absolute Gasteiger partial charge is 0.350 e. The highest BCUT2D eigenvalue weighted by molar-refractivity contribution is 7.17. The number of hydrogen-bond donors (Lipinski definition) is 2. The number of hydrogen-bond acceptors (Lipinski definition) is 8. The molecule has 1 saturated heterocycles. The lowest BCUT2D eigenvalue weighted by Crippen LogP contribution is -2.62. The fourth-order valence-electron chi connectivity index (χ4n) is 3.19. The van der Waals surface area contributed by atoms with Crippen molar-refractivity contribution in [1.29, 1.82) is 0 Å². The third kappa shape index (κ3) is 4.65. The molecule has 1 aliphatic carbocycles. The zero-order valence-electron chi connectivity index (χ0n) is 15.3. The van der Waals surface area contributed by atoms with Crippen LogP contribution in [0.5, 0.6) is 0 Å². The molecule has 1 aromatic rings. The average molecular weight is 441 g/mol. The quantitative estimate of drug-likeness (QED) is 0.671. The molecule has 2 aliphatic rings. The summed E-state index contributed by atoms with van der Waals surface area (Å²) in [5.74, 6) is -0.567. The van der Waals surface area contributed by atoms with Gasteiger partial charge in [0, 0.05) is 26.2 Å². The molecule has 154 valence electrons. The molecule has 1 saturated carbocycles. The number of piperazine rings is 1. The molecule has 1 aromatic heterocycles. The number of amides is 1. The average Bonchev–Trinajstić information content (AvgIpc) is 2.99. The summed E-state index contributed by atoms with van der Waals surface area (Å²) in [6, 6.07) is -0.846. The van der Waals surface area contributed by atoms with Gasteiger partial charge in [0.25, 0.3) is 0 Å². The number of carbonyl (C=O) groups excluding carboxylic acids is 2. The van der Waals surface area contributed by atoms with Crippen LogP contribution in [0, 0.1) is 6.92 Å². The zero-order valence-corrected chi connectivity index (χ0v) is 17.8. The number of nitrogens with zero attached hydrogens (tertiary/aromatic N) is 3. The Hall–Kier alpha value is -1.13. The van der Waals surface area contributed by atoms with Crippen LogP contribution in [0.3, 0.4) is 0 Å². The number of anilines is 1. The van der Waals surface area contributed by atoms with Gasteiger partial charge in [0.15, 0.2) is 5.13 Å². The fourth-order valence-corrected chi connectivity index (χ4v) is 4.23. The molecule has 0 spiro atoms. The van der Waals surface area contributed by atoms with Gasteiger partial charge in [-0.2, -0.15) is 0 Å². The number of ether oxygens (including phenoxy) is 1. The van der Waals surface area contributed by atoms with E-state index in [0.29, 0.717) is 49.6 Å². The molecule has 0 aromatic carbocycles. The predicted octanol–water partition coefficient (Wildman–Crippen LogP) is 0.973. The number of aromatic nitrogens is 1. The van der Waals surface area contributed by atoms with E-state index in [4.69, 9.17) is 10.5 Å². The molecule has 2 heterocycles. The summed E-state index contributed by atoms with van der Waals surface area (Å²) in [7, 11) is 1.35. The van der Waals surface area contributed by atoms with E-state index in [1.54, 1.807) is 11.8 Å². The van der Waals surface area contributed by atoms with E-state index in [1.165, 1.54) is 18.4 Å². The van der Waals surface area contributed by atoms with Gasteiger partial charge in [-0.1, -0.05) is 11.3 Å². The number of nitrogens with two attached hydrogens (primary N) is 1. The first kappa shape index (κ1) is 23.9. The van der Waals surface area contributed by atoms with Crippen LogP contribution in [-0.4, -0.2) is 71.8 Å². The number of thiazole rings is 1. The Bertz CT molecular complexity index is 675. The van der Waals surface area contributed by atoms with E-state index in [9.17, 15) is 14.7 Å². The molecule has 3 N–H and O–H groups in total. The van der Waals surface area contributed by atoms with Crippen molar-refractivity contribution in [2.24, 2.45) is 5.73 Å². The molecule has 0 bridgehead atoms. The van der Waals surface area contributed by atoms with E-state index in [1.807, 2.05) is 0 Å². The minimum absolute atomic E-state index is 0. The van der Waals surface area contributed by atoms with Crippen molar-refractivity contribution in [3.63, 3.8) is 0 Å². The summed E-state index contributed by atoms with van der Waals surface area (Å²) in [6.07, 6.45) is 2.10. The molecule has 1 unspecified atom stereocenters. The Labute approximate surface area is 174 Å². The highest BCUT2D eigenvalue weighted by Crippen LogP contribution is 2.34. The molecule has 1 aliphatic heterocycles. The largest absolute Gasteiger partial charge is 0.465 e. The standard InChI is InChI=1S/C16H24N4O4S.2ClH/c1-10-11(14(22)24-2)25-15(18-10)20-8-6-19(7-9-20)13(21)12(17)16(23)4-3-5-16;;/h12,23H,3-9,17H2,1-2H3;2*1H. The SMILES string of the molecule is COC(=O)c1sc(N2CCN(C(=O)C(N)C3(O)CCC3)CC2)nc1C.Cl.Cl. The number of aliphatic hydroxyl groups is 1. The van der Waals surface area contributed by atoms with Crippen LogP contribution in [0.4, 0.5) is 5.13 Å². The Balaban J connectivity index is 0.00000182. The minimum atomic E-state index is -1.03. The normalized spacial score (nSPS) is 19.3. The minimum Gasteiger partial charge on any atom is -0.465 e. The fraction of sp³-hybridized carbons (Fsp3) is 0.688. The van der Waals surface area contributed by atoms with Crippen LogP contribution in [0.1, 0.15) is 34.6 Å². The van der Waals surface area contributed by atoms with Gasteiger partial charge >= 0.3 is 5.97 Å². The van der Waals surface area contributed by atoms with Crippen molar-refractivity contribution < 1.29 is 19.4 Å². The van der Waals surface area contributed by atoms with Gasteiger partial charge in [-0.05, 0) is 26.2 Å².